The van der Waals surface area contributed by atoms with E-state index < -0.39 is 48.3 Å². The zero-order valence-corrected chi connectivity index (χ0v) is 19.4. The summed E-state index contributed by atoms with van der Waals surface area (Å²) in [4.78, 5) is 26.4. The Labute approximate surface area is 207 Å². The van der Waals surface area contributed by atoms with Crippen molar-refractivity contribution in [1.29, 1.82) is 0 Å². The fourth-order valence-electron chi connectivity index (χ4n) is 6.59. The molecule has 3 aliphatic heterocycles. The smallest absolute Gasteiger partial charge is 0.259 e. The number of aryl methyl sites for hydroxylation is 1. The van der Waals surface area contributed by atoms with E-state index in [1.54, 1.807) is 15.2 Å². The number of aliphatic hydroxyl groups is 3. The van der Waals surface area contributed by atoms with E-state index in [2.05, 4.69) is 5.32 Å². The van der Waals surface area contributed by atoms with E-state index in [1.807, 2.05) is 25.1 Å². The third-order valence-electron chi connectivity index (χ3n) is 8.15. The number of rotatable bonds is 0. The van der Waals surface area contributed by atoms with E-state index in [-0.39, 0.29) is 17.7 Å². The molecule has 3 aromatic carbocycles. The molecule has 0 aliphatic carbocycles. The summed E-state index contributed by atoms with van der Waals surface area (Å²) in [5.74, 6) is -1.56. The Bertz CT molecular complexity index is 1900. The zero-order valence-electron chi connectivity index (χ0n) is 19.4. The van der Waals surface area contributed by atoms with Crippen LogP contribution in [0, 0.1) is 12.7 Å². The monoisotopic (exact) mass is 501 g/mol. The number of carbonyl (C=O) groups is 2. The average molecular weight is 501 g/mol. The van der Waals surface area contributed by atoms with Gasteiger partial charge >= 0.3 is 0 Å². The second-order valence-electron chi connectivity index (χ2n) is 10.2. The molecular weight excluding hydrogens is 481 g/mol. The maximum atomic E-state index is 14.6. The number of halogens is 1. The van der Waals surface area contributed by atoms with Gasteiger partial charge in [0.05, 0.1) is 39.7 Å². The predicted octanol–water partition coefficient (Wildman–Crippen LogP) is 2.23. The number of aliphatic hydroxyl groups excluding tert-OH is 3. The zero-order chi connectivity index (χ0) is 25.5. The van der Waals surface area contributed by atoms with Gasteiger partial charge in [0.15, 0.2) is 6.23 Å². The van der Waals surface area contributed by atoms with Gasteiger partial charge in [0.1, 0.15) is 30.2 Å². The van der Waals surface area contributed by atoms with Gasteiger partial charge in [-0.1, -0.05) is 12.1 Å². The summed E-state index contributed by atoms with van der Waals surface area (Å²) < 4.78 is 24.3. The Morgan fingerprint density at radius 3 is 2.32 bits per heavy atom. The van der Waals surface area contributed by atoms with Crippen LogP contribution in [0.25, 0.3) is 43.6 Å². The molecule has 2 aromatic heterocycles. The molecule has 3 aliphatic rings. The Hall–Kier alpha value is -3.83. The SMILES string of the molecule is Cc1ccc2c3c4c(c5c6ccc(F)cc6n6c5c3n(c2c1)C1OC(C6)C(O)C(O)C1O)C(=O)NC4=O. The molecule has 8 rings (SSSR count). The number of nitrogens with one attached hydrogen (secondary N) is 1. The van der Waals surface area contributed by atoms with Gasteiger partial charge in [0.25, 0.3) is 11.8 Å². The number of aromatic nitrogens is 2. The molecule has 5 unspecified atom stereocenters. The van der Waals surface area contributed by atoms with E-state index in [1.165, 1.54) is 12.1 Å². The molecule has 10 heteroatoms. The van der Waals surface area contributed by atoms with Gasteiger partial charge in [-0.3, -0.25) is 14.9 Å². The molecule has 2 amide bonds. The van der Waals surface area contributed by atoms with Crippen LogP contribution in [0.4, 0.5) is 4.39 Å². The molecule has 4 N–H and O–H groups in total. The van der Waals surface area contributed by atoms with Crippen LogP contribution in [-0.4, -0.2) is 60.7 Å². The maximum absolute atomic E-state index is 14.6. The van der Waals surface area contributed by atoms with Crippen LogP contribution in [0.5, 0.6) is 0 Å². The summed E-state index contributed by atoms with van der Waals surface area (Å²) in [7, 11) is 0. The minimum absolute atomic E-state index is 0.0227. The van der Waals surface area contributed by atoms with Gasteiger partial charge in [-0.15, -0.1) is 0 Å². The summed E-state index contributed by atoms with van der Waals surface area (Å²) in [5, 5.41) is 37.4. The van der Waals surface area contributed by atoms with Crippen LogP contribution in [0.15, 0.2) is 36.4 Å². The van der Waals surface area contributed by atoms with Crippen LogP contribution in [0.2, 0.25) is 0 Å². The number of benzene rings is 3. The Balaban J connectivity index is 1.73. The first-order chi connectivity index (χ1) is 17.8. The van der Waals surface area contributed by atoms with Crippen molar-refractivity contribution in [3.63, 3.8) is 0 Å². The highest BCUT2D eigenvalue weighted by Gasteiger charge is 2.48. The first-order valence-electron chi connectivity index (χ1n) is 12.0. The standard InChI is InChI=1S/C27H20FN3O6/c1-9-2-4-12-14(6-9)31-21-17(12)19-18(25(35)29-26(19)36)16-11-5-3-10(28)7-13(11)30(20(16)21)8-15-22(32)23(33)24(34)27(31)37-15/h2-7,15,22-24,27,32-34H,8H2,1H3,(H,29,35,36). The van der Waals surface area contributed by atoms with Crippen LogP contribution in [-0.2, 0) is 11.3 Å². The lowest BCUT2D eigenvalue weighted by molar-refractivity contribution is -0.245. The lowest BCUT2D eigenvalue weighted by atomic mass is 9.95. The van der Waals surface area contributed by atoms with Crippen molar-refractivity contribution in [2.75, 3.05) is 0 Å². The van der Waals surface area contributed by atoms with Crippen molar-refractivity contribution in [3.8, 4) is 0 Å². The summed E-state index contributed by atoms with van der Waals surface area (Å²) in [6.45, 7) is 1.93. The van der Waals surface area contributed by atoms with Gasteiger partial charge in [-0.25, -0.2) is 4.39 Å². The molecule has 0 radical (unpaired) electrons. The van der Waals surface area contributed by atoms with Gasteiger partial charge < -0.3 is 29.2 Å². The molecule has 0 saturated carbocycles. The van der Waals surface area contributed by atoms with E-state index in [0.717, 1.165) is 5.56 Å². The fraction of sp³-hybridized carbons (Fsp3) is 0.259. The highest BCUT2D eigenvalue weighted by atomic mass is 19.1. The molecular formula is C27H20FN3O6. The van der Waals surface area contributed by atoms with Crippen molar-refractivity contribution < 1.29 is 34.0 Å². The van der Waals surface area contributed by atoms with Crippen molar-refractivity contribution in [2.24, 2.45) is 0 Å². The molecule has 0 spiro atoms. The van der Waals surface area contributed by atoms with Crippen LogP contribution in [0.1, 0.15) is 32.5 Å². The summed E-state index contributed by atoms with van der Waals surface area (Å²) in [6, 6.07) is 9.86. The van der Waals surface area contributed by atoms with E-state index in [0.29, 0.717) is 43.6 Å². The van der Waals surface area contributed by atoms with E-state index >= 15 is 0 Å². The number of imide groups is 1. The number of nitrogens with zero attached hydrogens (tertiary/aromatic N) is 2. The summed E-state index contributed by atoms with van der Waals surface area (Å²) in [6.07, 6.45) is -6.42. The van der Waals surface area contributed by atoms with Crippen molar-refractivity contribution >= 4 is 55.4 Å². The molecule has 186 valence electrons. The van der Waals surface area contributed by atoms with Gasteiger partial charge in [0.2, 0.25) is 0 Å². The van der Waals surface area contributed by atoms with Crippen molar-refractivity contribution in [3.05, 3.63) is 58.9 Å². The number of hydrogen-bond acceptors (Lipinski definition) is 6. The van der Waals surface area contributed by atoms with E-state index in [4.69, 9.17) is 4.74 Å². The lowest BCUT2D eigenvalue weighted by Crippen LogP contribution is -2.56. The molecule has 5 atom stereocenters. The molecule has 1 fully saturated rings. The van der Waals surface area contributed by atoms with E-state index in [9.17, 15) is 29.3 Å². The highest BCUT2D eigenvalue weighted by molar-refractivity contribution is 6.39. The largest absolute Gasteiger partial charge is 0.388 e. The van der Waals surface area contributed by atoms with Crippen LogP contribution >= 0.6 is 0 Å². The first kappa shape index (κ1) is 21.3. The van der Waals surface area contributed by atoms with Crippen molar-refractivity contribution in [2.45, 2.75) is 44.1 Å². The van der Waals surface area contributed by atoms with Gasteiger partial charge in [-0.05, 0) is 36.8 Å². The number of ether oxygens (including phenoxy) is 1. The normalized spacial score (nSPS) is 26.9. The fourth-order valence-corrected chi connectivity index (χ4v) is 6.59. The van der Waals surface area contributed by atoms with Crippen LogP contribution < -0.4 is 5.32 Å². The molecule has 9 nitrogen and oxygen atoms in total. The number of amides is 2. The number of carbonyl (C=O) groups excluding carboxylic acids is 2. The molecule has 37 heavy (non-hydrogen) atoms. The second-order valence-corrected chi connectivity index (χ2v) is 10.2. The molecule has 2 bridgehead atoms. The minimum Gasteiger partial charge on any atom is -0.388 e. The number of fused-ring (bicyclic) bond motifs is 12. The molecule has 1 saturated heterocycles. The third kappa shape index (κ3) is 2.41. The van der Waals surface area contributed by atoms with Gasteiger partial charge in [-0.2, -0.15) is 0 Å². The molecule has 5 heterocycles. The highest BCUT2D eigenvalue weighted by Crippen LogP contribution is 2.48. The Kier molecular flexibility index (Phi) is 3.87. The maximum Gasteiger partial charge on any atom is 0.259 e. The summed E-state index contributed by atoms with van der Waals surface area (Å²) in [5.41, 5.74) is 3.53. The van der Waals surface area contributed by atoms with Crippen LogP contribution in [0.3, 0.4) is 0 Å². The lowest BCUT2D eigenvalue weighted by Gasteiger charge is -2.43. The Morgan fingerprint density at radius 1 is 0.892 bits per heavy atom. The van der Waals surface area contributed by atoms with Gasteiger partial charge in [0, 0.05) is 21.5 Å². The summed E-state index contributed by atoms with van der Waals surface area (Å²) >= 11 is 0. The number of hydrogen-bond donors (Lipinski definition) is 4. The quantitative estimate of drug-likeness (QED) is 0.241. The first-order valence-corrected chi connectivity index (χ1v) is 12.0. The topological polar surface area (TPSA) is 126 Å². The minimum atomic E-state index is -1.50. The average Bonchev–Trinajstić information content (AvgIpc) is 3.44. The second kappa shape index (κ2) is 6.73. The Morgan fingerprint density at radius 2 is 1.57 bits per heavy atom. The van der Waals surface area contributed by atoms with Crippen molar-refractivity contribution in [1.82, 2.24) is 14.5 Å². The molecule has 5 aromatic rings. The third-order valence-corrected chi connectivity index (χ3v) is 8.15. The predicted molar refractivity (Wildman–Crippen MR) is 131 cm³/mol.